The predicted octanol–water partition coefficient (Wildman–Crippen LogP) is 3.07. The van der Waals surface area contributed by atoms with Crippen molar-refractivity contribution in [1.29, 1.82) is 0 Å². The molecular formula is C24H33ClN4O4S. The number of likely N-dealkylation sites (tertiary alicyclic amines) is 1. The summed E-state index contributed by atoms with van der Waals surface area (Å²) in [6.45, 7) is 7.86. The van der Waals surface area contributed by atoms with Gasteiger partial charge in [0.05, 0.1) is 4.90 Å². The van der Waals surface area contributed by atoms with Gasteiger partial charge in [-0.05, 0) is 49.3 Å². The Morgan fingerprint density at radius 2 is 1.94 bits per heavy atom. The van der Waals surface area contributed by atoms with Gasteiger partial charge in [-0.3, -0.25) is 14.6 Å². The van der Waals surface area contributed by atoms with Crippen LogP contribution < -0.4 is 5.32 Å². The Morgan fingerprint density at radius 3 is 2.59 bits per heavy atom. The first-order valence-corrected chi connectivity index (χ1v) is 13.7. The van der Waals surface area contributed by atoms with Crippen molar-refractivity contribution >= 4 is 39.3 Å². The Morgan fingerprint density at radius 1 is 1.24 bits per heavy atom. The van der Waals surface area contributed by atoms with E-state index in [1.54, 1.807) is 12.1 Å². The van der Waals surface area contributed by atoms with Gasteiger partial charge in [-0.25, -0.2) is 8.42 Å². The second kappa shape index (κ2) is 9.24. The second-order valence-corrected chi connectivity index (χ2v) is 13.1. The third-order valence-corrected chi connectivity index (χ3v) is 8.95. The molecule has 1 atom stereocenters. The van der Waals surface area contributed by atoms with E-state index in [4.69, 9.17) is 16.6 Å². The first-order chi connectivity index (χ1) is 15.9. The van der Waals surface area contributed by atoms with E-state index < -0.39 is 15.6 Å². The summed E-state index contributed by atoms with van der Waals surface area (Å²) in [5.41, 5.74) is -1.01. The summed E-state index contributed by atoms with van der Waals surface area (Å²) in [5.74, 6) is 0.607. The highest BCUT2D eigenvalue weighted by atomic mass is 35.5. The van der Waals surface area contributed by atoms with Gasteiger partial charge in [0, 0.05) is 43.5 Å². The smallest absolute Gasteiger partial charge is 0.253 e. The number of piperidine rings is 2. The van der Waals surface area contributed by atoms with E-state index in [0.29, 0.717) is 36.7 Å². The molecule has 2 saturated heterocycles. The second-order valence-electron chi connectivity index (χ2n) is 10.8. The number of nitrogens with one attached hydrogen (secondary N) is 1. The lowest BCUT2D eigenvalue weighted by Crippen LogP contribution is -2.50. The molecule has 0 aromatic heterocycles. The van der Waals surface area contributed by atoms with Crippen molar-refractivity contribution in [1.82, 2.24) is 14.5 Å². The Kier molecular flexibility index (Phi) is 6.83. The maximum Gasteiger partial charge on any atom is 0.253 e. The molecule has 10 heteroatoms. The Bertz CT molecular complexity index is 1100. The highest BCUT2D eigenvalue weighted by Crippen LogP contribution is 2.35. The lowest BCUT2D eigenvalue weighted by Gasteiger charge is -2.35. The standard InChI is InChI=1S/C24H33ClN4O4S/c1-23(2,3)15-20(30)28-11-5-6-17(16-28)21-26-22(31)24(27-21)9-12-29(13-10-24)34(32,33)19-8-4-7-18(25)14-19/h4,7-8,14,17H,5-6,9-13,15-16H2,1-3H3,(H,26,27,31). The van der Waals surface area contributed by atoms with Crippen LogP contribution in [-0.4, -0.2) is 67.0 Å². The molecule has 1 unspecified atom stereocenters. The number of amides is 2. The van der Waals surface area contributed by atoms with Gasteiger partial charge in [0.15, 0.2) is 0 Å². The topological polar surface area (TPSA) is 99.2 Å². The summed E-state index contributed by atoms with van der Waals surface area (Å²) in [6.07, 6.45) is 2.86. The highest BCUT2D eigenvalue weighted by Gasteiger charge is 2.49. The van der Waals surface area contributed by atoms with Crippen LogP contribution >= 0.6 is 11.6 Å². The number of carbonyl (C=O) groups excluding carboxylic acids is 2. The number of rotatable bonds is 4. The van der Waals surface area contributed by atoms with Gasteiger partial charge >= 0.3 is 0 Å². The molecule has 0 saturated carbocycles. The zero-order valence-corrected chi connectivity index (χ0v) is 21.6. The molecule has 186 valence electrons. The van der Waals surface area contributed by atoms with Crippen molar-refractivity contribution in [3.63, 3.8) is 0 Å². The third-order valence-electron chi connectivity index (χ3n) is 6.82. The van der Waals surface area contributed by atoms with Crippen molar-refractivity contribution in [2.75, 3.05) is 26.2 Å². The molecule has 1 aromatic rings. The number of hydrogen-bond donors (Lipinski definition) is 1. The van der Waals surface area contributed by atoms with Crippen LogP contribution in [0.3, 0.4) is 0 Å². The van der Waals surface area contributed by atoms with Gasteiger partial charge in [-0.1, -0.05) is 38.4 Å². The molecule has 0 aliphatic carbocycles. The third kappa shape index (κ3) is 5.16. The molecule has 2 amide bonds. The molecular weight excluding hydrogens is 476 g/mol. The fourth-order valence-corrected chi connectivity index (χ4v) is 6.68. The molecule has 3 aliphatic heterocycles. The van der Waals surface area contributed by atoms with Crippen LogP contribution in [0.2, 0.25) is 5.02 Å². The van der Waals surface area contributed by atoms with E-state index in [9.17, 15) is 18.0 Å². The van der Waals surface area contributed by atoms with Crippen LogP contribution in [0, 0.1) is 11.3 Å². The predicted molar refractivity (Wildman–Crippen MR) is 131 cm³/mol. The molecule has 0 bridgehead atoms. The largest absolute Gasteiger partial charge is 0.342 e. The SMILES string of the molecule is CC(C)(C)CC(=O)N1CCCC(C2=NC3(CCN(S(=O)(=O)c4cccc(Cl)c4)CC3)C(=O)N2)C1. The molecule has 1 aromatic carbocycles. The number of nitrogens with zero attached hydrogens (tertiary/aromatic N) is 3. The number of aliphatic imine (C=N–C) groups is 1. The van der Waals surface area contributed by atoms with E-state index in [1.165, 1.54) is 16.4 Å². The maximum absolute atomic E-state index is 13.0. The minimum absolute atomic E-state index is 0.00536. The number of amidine groups is 1. The zero-order valence-electron chi connectivity index (χ0n) is 20.0. The van der Waals surface area contributed by atoms with E-state index in [0.717, 1.165) is 19.4 Å². The molecule has 4 rings (SSSR count). The Labute approximate surface area is 206 Å². The first kappa shape index (κ1) is 25.1. The fraction of sp³-hybridized carbons (Fsp3) is 0.625. The minimum Gasteiger partial charge on any atom is -0.342 e. The molecule has 3 aliphatic rings. The lowest BCUT2D eigenvalue weighted by molar-refractivity contribution is -0.134. The summed E-state index contributed by atoms with van der Waals surface area (Å²) in [5, 5.41) is 3.33. The lowest BCUT2D eigenvalue weighted by atomic mass is 9.89. The van der Waals surface area contributed by atoms with Gasteiger partial charge in [0.1, 0.15) is 11.4 Å². The quantitative estimate of drug-likeness (QED) is 0.675. The molecule has 1 N–H and O–H groups in total. The zero-order chi connectivity index (χ0) is 24.7. The normalized spacial score (nSPS) is 23.6. The minimum atomic E-state index is -3.69. The van der Waals surface area contributed by atoms with Gasteiger partial charge in [-0.15, -0.1) is 0 Å². The maximum atomic E-state index is 13.0. The van der Waals surface area contributed by atoms with Crippen LogP contribution in [-0.2, 0) is 19.6 Å². The monoisotopic (exact) mass is 508 g/mol. The molecule has 8 nitrogen and oxygen atoms in total. The van der Waals surface area contributed by atoms with Crippen molar-refractivity contribution in [3.8, 4) is 0 Å². The van der Waals surface area contributed by atoms with E-state index in [-0.39, 0.29) is 41.1 Å². The van der Waals surface area contributed by atoms with E-state index >= 15 is 0 Å². The van der Waals surface area contributed by atoms with Crippen LogP contribution in [0.25, 0.3) is 0 Å². The van der Waals surface area contributed by atoms with Crippen molar-refractivity contribution in [2.45, 2.75) is 63.3 Å². The number of benzene rings is 1. The van der Waals surface area contributed by atoms with Gasteiger partial charge in [-0.2, -0.15) is 4.31 Å². The summed E-state index contributed by atoms with van der Waals surface area (Å²) in [4.78, 5) is 32.6. The number of carbonyl (C=O) groups is 2. The highest BCUT2D eigenvalue weighted by molar-refractivity contribution is 7.89. The Balaban J connectivity index is 1.44. The average molecular weight is 509 g/mol. The summed E-state index contributed by atoms with van der Waals surface area (Å²) in [6, 6.07) is 6.21. The summed E-state index contributed by atoms with van der Waals surface area (Å²) >= 11 is 5.98. The van der Waals surface area contributed by atoms with Gasteiger partial charge in [0.25, 0.3) is 5.91 Å². The fourth-order valence-electron chi connectivity index (χ4n) is 4.94. The van der Waals surface area contributed by atoms with Crippen LogP contribution in [0.1, 0.15) is 52.9 Å². The molecule has 1 spiro atoms. The van der Waals surface area contributed by atoms with Crippen molar-refractivity contribution in [3.05, 3.63) is 29.3 Å². The number of sulfonamides is 1. The summed E-state index contributed by atoms with van der Waals surface area (Å²) < 4.78 is 27.5. The van der Waals surface area contributed by atoms with Crippen molar-refractivity contribution in [2.24, 2.45) is 16.3 Å². The molecule has 0 radical (unpaired) electrons. The van der Waals surface area contributed by atoms with Crippen molar-refractivity contribution < 1.29 is 18.0 Å². The van der Waals surface area contributed by atoms with Gasteiger partial charge in [0.2, 0.25) is 15.9 Å². The van der Waals surface area contributed by atoms with Gasteiger partial charge < -0.3 is 10.2 Å². The average Bonchev–Trinajstić information content (AvgIpc) is 3.08. The van der Waals surface area contributed by atoms with Crippen LogP contribution in [0.5, 0.6) is 0 Å². The molecule has 3 heterocycles. The molecule has 2 fully saturated rings. The summed E-state index contributed by atoms with van der Waals surface area (Å²) in [7, 11) is -3.69. The van der Waals surface area contributed by atoms with E-state index in [2.05, 4.69) is 26.1 Å². The van der Waals surface area contributed by atoms with E-state index in [1.807, 2.05) is 4.90 Å². The Hall–Kier alpha value is -1.97. The first-order valence-electron chi connectivity index (χ1n) is 11.8. The van der Waals surface area contributed by atoms with Crippen LogP contribution in [0.15, 0.2) is 34.2 Å². The number of hydrogen-bond acceptors (Lipinski definition) is 5. The molecule has 34 heavy (non-hydrogen) atoms. The number of halogens is 1. The van der Waals surface area contributed by atoms with Crippen LogP contribution in [0.4, 0.5) is 0 Å².